The van der Waals surface area contributed by atoms with Crippen LogP contribution in [0.2, 0.25) is 0 Å². The van der Waals surface area contributed by atoms with Crippen molar-refractivity contribution >= 4 is 5.91 Å². The number of aliphatic hydroxyl groups excluding tert-OH is 8. The quantitative estimate of drug-likeness (QED) is 0.0395. The molecule has 2 heterocycles. The minimum atomic E-state index is -1.78. The van der Waals surface area contributed by atoms with Crippen LogP contribution in [0.5, 0.6) is 0 Å². The monoisotopic (exact) mass is 764 g/mol. The van der Waals surface area contributed by atoms with E-state index in [4.69, 9.17) is 18.9 Å². The predicted octanol–water partition coefficient (Wildman–Crippen LogP) is 2.48. The highest BCUT2D eigenvalue weighted by molar-refractivity contribution is 5.73. The van der Waals surface area contributed by atoms with Gasteiger partial charge in [0.25, 0.3) is 0 Å². The van der Waals surface area contributed by atoms with Crippen molar-refractivity contribution in [3.8, 4) is 0 Å². The van der Waals surface area contributed by atoms with Crippen LogP contribution in [-0.2, 0) is 23.7 Å². The SMILES string of the molecule is CCCCCCCCCCCCCCCCCCCC/C=C/C(O)C(COC1OC(CO)C(OC2OC(CO)C(O)C(O)C2O)C(O)C1O)NC(C)=O. The van der Waals surface area contributed by atoms with Gasteiger partial charge in [0, 0.05) is 6.92 Å². The van der Waals surface area contributed by atoms with Crippen LogP contribution >= 0.6 is 0 Å². The molecule has 0 saturated carbocycles. The van der Waals surface area contributed by atoms with E-state index >= 15 is 0 Å². The number of amides is 1. The number of hydrogen-bond donors (Lipinski definition) is 9. The van der Waals surface area contributed by atoms with Gasteiger partial charge >= 0.3 is 0 Å². The van der Waals surface area contributed by atoms with Crippen LogP contribution in [0.15, 0.2) is 12.2 Å². The van der Waals surface area contributed by atoms with Crippen LogP contribution in [0.3, 0.4) is 0 Å². The second-order valence-electron chi connectivity index (χ2n) is 14.9. The number of rotatable bonds is 29. The number of hydrogen-bond acceptors (Lipinski definition) is 13. The summed E-state index contributed by atoms with van der Waals surface area (Å²) in [5.41, 5.74) is 0. The minimum Gasteiger partial charge on any atom is -0.394 e. The van der Waals surface area contributed by atoms with Crippen molar-refractivity contribution in [2.75, 3.05) is 19.8 Å². The first-order valence-corrected chi connectivity index (χ1v) is 20.4. The third-order valence-electron chi connectivity index (χ3n) is 10.3. The topological polar surface area (TPSA) is 228 Å². The first kappa shape index (κ1) is 47.9. The number of carbonyl (C=O) groups is 1. The molecule has 0 bridgehead atoms. The lowest BCUT2D eigenvalue weighted by atomic mass is 9.97. The summed E-state index contributed by atoms with van der Waals surface area (Å²) in [6.45, 7) is 1.82. The molecule has 12 unspecified atom stereocenters. The molecule has 2 aliphatic rings. The van der Waals surface area contributed by atoms with Crippen LogP contribution in [0.4, 0.5) is 0 Å². The Bertz CT molecular complexity index is 956. The third kappa shape index (κ3) is 18.0. The first-order chi connectivity index (χ1) is 25.5. The molecule has 312 valence electrons. The van der Waals surface area contributed by atoms with Gasteiger partial charge in [-0.05, 0) is 12.8 Å². The van der Waals surface area contributed by atoms with E-state index in [1.165, 1.54) is 110 Å². The van der Waals surface area contributed by atoms with Gasteiger partial charge in [-0.25, -0.2) is 0 Å². The number of ether oxygens (including phenoxy) is 4. The first-order valence-electron chi connectivity index (χ1n) is 20.4. The Morgan fingerprint density at radius 1 is 0.660 bits per heavy atom. The predicted molar refractivity (Wildman–Crippen MR) is 199 cm³/mol. The van der Waals surface area contributed by atoms with Gasteiger partial charge in [0.1, 0.15) is 48.8 Å². The summed E-state index contributed by atoms with van der Waals surface area (Å²) in [4.78, 5) is 11.9. The average Bonchev–Trinajstić information content (AvgIpc) is 3.14. The van der Waals surface area contributed by atoms with E-state index < -0.39 is 92.7 Å². The third-order valence-corrected chi connectivity index (χ3v) is 10.3. The summed E-state index contributed by atoms with van der Waals surface area (Å²) < 4.78 is 22.2. The maximum absolute atomic E-state index is 11.9. The summed E-state index contributed by atoms with van der Waals surface area (Å²) in [6, 6.07) is -0.910. The highest BCUT2D eigenvalue weighted by Gasteiger charge is 2.50. The fraction of sp³-hybridized carbons (Fsp3) is 0.923. The minimum absolute atomic E-state index is 0.310. The molecule has 2 saturated heterocycles. The van der Waals surface area contributed by atoms with Gasteiger partial charge in [0.05, 0.1) is 32.0 Å². The van der Waals surface area contributed by atoms with Crippen molar-refractivity contribution in [1.29, 1.82) is 0 Å². The molecule has 1 amide bonds. The number of aliphatic hydroxyl groups is 8. The van der Waals surface area contributed by atoms with Crippen LogP contribution in [0.1, 0.15) is 136 Å². The maximum Gasteiger partial charge on any atom is 0.217 e. The highest BCUT2D eigenvalue weighted by Crippen LogP contribution is 2.29. The largest absolute Gasteiger partial charge is 0.394 e. The van der Waals surface area contributed by atoms with Crippen molar-refractivity contribution in [3.05, 3.63) is 12.2 Å². The van der Waals surface area contributed by atoms with Gasteiger partial charge in [0.2, 0.25) is 5.91 Å². The van der Waals surface area contributed by atoms with E-state index in [1.807, 2.05) is 6.08 Å². The average molecular weight is 764 g/mol. The Morgan fingerprint density at radius 2 is 1.13 bits per heavy atom. The van der Waals surface area contributed by atoms with E-state index in [1.54, 1.807) is 6.08 Å². The van der Waals surface area contributed by atoms with E-state index in [-0.39, 0.29) is 6.61 Å². The molecule has 0 radical (unpaired) electrons. The highest BCUT2D eigenvalue weighted by atomic mass is 16.7. The van der Waals surface area contributed by atoms with Crippen LogP contribution in [0.25, 0.3) is 0 Å². The van der Waals surface area contributed by atoms with E-state index in [2.05, 4.69) is 12.2 Å². The molecule has 14 heteroatoms. The van der Waals surface area contributed by atoms with Crippen LogP contribution in [-0.4, -0.2) is 140 Å². The van der Waals surface area contributed by atoms with Crippen molar-refractivity contribution in [3.63, 3.8) is 0 Å². The second-order valence-corrected chi connectivity index (χ2v) is 14.9. The summed E-state index contributed by atoms with van der Waals surface area (Å²) >= 11 is 0. The lowest BCUT2D eigenvalue weighted by Crippen LogP contribution is -2.65. The zero-order valence-corrected chi connectivity index (χ0v) is 32.3. The Labute approximate surface area is 316 Å². The maximum atomic E-state index is 11.9. The molecule has 0 aromatic heterocycles. The summed E-state index contributed by atoms with van der Waals surface area (Å²) in [5.74, 6) is -0.416. The van der Waals surface area contributed by atoms with Crippen LogP contribution in [0, 0.1) is 0 Å². The van der Waals surface area contributed by atoms with Gasteiger partial charge in [-0.2, -0.15) is 0 Å². The van der Waals surface area contributed by atoms with Gasteiger partial charge in [-0.15, -0.1) is 0 Å². The molecule has 2 rings (SSSR count). The Hall–Kier alpha value is -1.27. The fourth-order valence-corrected chi connectivity index (χ4v) is 6.91. The van der Waals surface area contributed by atoms with Crippen molar-refractivity contribution in [1.82, 2.24) is 5.32 Å². The molecule has 9 N–H and O–H groups in total. The summed E-state index contributed by atoms with van der Waals surface area (Å²) in [5, 5.41) is 84.8. The molecule has 0 aliphatic carbocycles. The Morgan fingerprint density at radius 3 is 1.62 bits per heavy atom. The number of nitrogens with one attached hydrogen (secondary N) is 1. The summed E-state index contributed by atoms with van der Waals surface area (Å²) in [6.07, 6.45) is 10.8. The van der Waals surface area contributed by atoms with Crippen molar-refractivity contribution in [2.45, 2.75) is 209 Å². The Kier molecular flexibility index (Phi) is 25.5. The fourth-order valence-electron chi connectivity index (χ4n) is 6.91. The molecule has 2 fully saturated rings. The molecular weight excluding hydrogens is 690 g/mol. The number of carbonyl (C=O) groups excluding carboxylic acids is 1. The number of unbranched alkanes of at least 4 members (excludes halogenated alkanes) is 18. The molecule has 12 atom stereocenters. The van der Waals surface area contributed by atoms with Gasteiger partial charge < -0.3 is 65.1 Å². The van der Waals surface area contributed by atoms with Crippen molar-refractivity contribution < 1.29 is 64.6 Å². The smallest absolute Gasteiger partial charge is 0.217 e. The van der Waals surface area contributed by atoms with E-state index in [0.29, 0.717) is 0 Å². The number of allylic oxidation sites excluding steroid dienone is 1. The molecule has 14 nitrogen and oxygen atoms in total. The molecule has 2 aliphatic heterocycles. The molecule has 53 heavy (non-hydrogen) atoms. The van der Waals surface area contributed by atoms with Gasteiger partial charge in [-0.1, -0.05) is 128 Å². The normalized spacial score (nSPS) is 30.5. The van der Waals surface area contributed by atoms with Crippen LogP contribution < -0.4 is 5.32 Å². The lowest BCUT2D eigenvalue weighted by Gasteiger charge is -2.46. The Balaban J connectivity index is 1.65. The summed E-state index contributed by atoms with van der Waals surface area (Å²) in [7, 11) is 0. The molecule has 0 aromatic carbocycles. The standard InChI is InChI=1S/C39H73NO13/c1-3-4-5-6-7-8-9-10-11-12-13-14-15-16-17-18-19-20-21-22-23-29(44)28(40-27(2)43)26-50-38-36(49)34(47)37(31(25-42)52-38)53-39-35(48)33(46)32(45)30(24-41)51-39/h22-23,28-39,41-42,44-49H,3-21,24-26H2,1-2H3,(H,40,43)/b23-22+. The second kappa shape index (κ2) is 28.2. The van der Waals surface area contributed by atoms with Gasteiger partial charge in [0.15, 0.2) is 12.6 Å². The van der Waals surface area contributed by atoms with Crippen molar-refractivity contribution in [2.24, 2.45) is 0 Å². The van der Waals surface area contributed by atoms with E-state index in [0.717, 1.165) is 19.3 Å². The molecule has 0 spiro atoms. The van der Waals surface area contributed by atoms with Gasteiger partial charge in [-0.3, -0.25) is 4.79 Å². The molecular formula is C39H73NO13. The van der Waals surface area contributed by atoms with E-state index in [9.17, 15) is 45.6 Å². The zero-order valence-electron chi connectivity index (χ0n) is 32.3. The lowest BCUT2D eigenvalue weighted by molar-refractivity contribution is -0.359. The zero-order chi connectivity index (χ0) is 39.0. The molecule has 0 aromatic rings.